The SMILES string of the molecule is Cc1nn(-c2nccs2)c2nc3ccccc3c(Cl)c12. The van der Waals surface area contributed by atoms with Crippen LogP contribution in [0.2, 0.25) is 5.02 Å². The van der Waals surface area contributed by atoms with Gasteiger partial charge in [0, 0.05) is 17.0 Å². The summed E-state index contributed by atoms with van der Waals surface area (Å²) in [5, 5.41) is 9.78. The largest absolute Gasteiger partial charge is 0.228 e. The minimum Gasteiger partial charge on any atom is -0.228 e. The molecule has 0 unspecified atom stereocenters. The number of fused-ring (bicyclic) bond motifs is 2. The number of benzene rings is 1. The topological polar surface area (TPSA) is 43.6 Å². The molecule has 4 aromatic rings. The minimum atomic E-state index is 0.700. The number of aryl methyl sites for hydroxylation is 1. The zero-order chi connectivity index (χ0) is 13.7. The van der Waals surface area contributed by atoms with Crippen molar-refractivity contribution in [2.45, 2.75) is 6.92 Å². The number of hydrogen-bond acceptors (Lipinski definition) is 4. The van der Waals surface area contributed by atoms with Crippen LogP contribution in [0.1, 0.15) is 5.69 Å². The molecule has 3 aromatic heterocycles. The summed E-state index contributed by atoms with van der Waals surface area (Å²) in [5.41, 5.74) is 2.47. The fourth-order valence-corrected chi connectivity index (χ4v) is 3.31. The molecule has 0 fully saturated rings. The summed E-state index contributed by atoms with van der Waals surface area (Å²) in [6.07, 6.45) is 1.76. The quantitative estimate of drug-likeness (QED) is 0.534. The maximum atomic E-state index is 6.54. The second-order valence-electron chi connectivity index (χ2n) is 4.45. The highest BCUT2D eigenvalue weighted by Crippen LogP contribution is 2.33. The fraction of sp³-hybridized carbons (Fsp3) is 0.0714. The van der Waals surface area contributed by atoms with Gasteiger partial charge in [0.05, 0.1) is 21.6 Å². The van der Waals surface area contributed by atoms with Gasteiger partial charge in [-0.2, -0.15) is 9.78 Å². The summed E-state index contributed by atoms with van der Waals surface area (Å²) in [6.45, 7) is 1.94. The number of thiazole rings is 1. The monoisotopic (exact) mass is 300 g/mol. The lowest BCUT2D eigenvalue weighted by molar-refractivity contribution is 0.869. The smallest absolute Gasteiger partial charge is 0.212 e. The van der Waals surface area contributed by atoms with E-state index in [1.165, 1.54) is 11.3 Å². The van der Waals surface area contributed by atoms with Crippen LogP contribution in [0.5, 0.6) is 0 Å². The molecule has 4 nitrogen and oxygen atoms in total. The van der Waals surface area contributed by atoms with Crippen molar-refractivity contribution in [1.82, 2.24) is 19.7 Å². The molecule has 0 atom stereocenters. The third kappa shape index (κ3) is 1.57. The number of aromatic nitrogens is 4. The fourth-order valence-electron chi connectivity index (χ4n) is 2.33. The van der Waals surface area contributed by atoms with E-state index >= 15 is 0 Å². The number of nitrogens with zero attached hydrogens (tertiary/aromatic N) is 4. The molecule has 6 heteroatoms. The molecule has 0 bridgehead atoms. The second kappa shape index (κ2) is 4.26. The first kappa shape index (κ1) is 11.8. The minimum absolute atomic E-state index is 0.700. The predicted octanol–water partition coefficient (Wildman–Crippen LogP) is 3.99. The lowest BCUT2D eigenvalue weighted by Crippen LogP contribution is -1.97. The van der Waals surface area contributed by atoms with Crippen molar-refractivity contribution in [1.29, 1.82) is 0 Å². The summed E-state index contributed by atoms with van der Waals surface area (Å²) >= 11 is 8.07. The van der Waals surface area contributed by atoms with Gasteiger partial charge in [-0.25, -0.2) is 9.97 Å². The van der Waals surface area contributed by atoms with Gasteiger partial charge >= 0.3 is 0 Å². The van der Waals surface area contributed by atoms with Crippen LogP contribution in [0, 0.1) is 6.92 Å². The maximum absolute atomic E-state index is 6.54. The Labute approximate surface area is 123 Å². The van der Waals surface area contributed by atoms with Gasteiger partial charge in [-0.3, -0.25) is 0 Å². The molecule has 4 rings (SSSR count). The molecule has 0 amide bonds. The molecule has 0 saturated carbocycles. The molecule has 0 aliphatic rings. The zero-order valence-electron chi connectivity index (χ0n) is 10.5. The lowest BCUT2D eigenvalue weighted by Gasteiger charge is -2.03. The van der Waals surface area contributed by atoms with Crippen LogP contribution >= 0.6 is 22.9 Å². The Morgan fingerprint density at radius 1 is 1.25 bits per heavy atom. The van der Waals surface area contributed by atoms with E-state index in [0.717, 1.165) is 32.8 Å². The second-order valence-corrected chi connectivity index (χ2v) is 5.70. The summed E-state index contributed by atoms with van der Waals surface area (Å²) in [4.78, 5) is 8.99. The average Bonchev–Trinajstić information content (AvgIpc) is 3.07. The molecule has 0 radical (unpaired) electrons. The highest BCUT2D eigenvalue weighted by molar-refractivity contribution is 7.12. The third-order valence-electron chi connectivity index (χ3n) is 3.22. The first-order valence-corrected chi connectivity index (χ1v) is 7.35. The van der Waals surface area contributed by atoms with Gasteiger partial charge < -0.3 is 0 Å². The Kier molecular flexibility index (Phi) is 2.52. The van der Waals surface area contributed by atoms with Gasteiger partial charge in [0.15, 0.2) is 5.65 Å². The van der Waals surface area contributed by atoms with E-state index in [9.17, 15) is 0 Å². The van der Waals surface area contributed by atoms with Gasteiger partial charge in [0.2, 0.25) is 5.13 Å². The molecule has 0 spiro atoms. The molecule has 0 saturated heterocycles. The molecule has 1 aromatic carbocycles. The Morgan fingerprint density at radius 2 is 2.10 bits per heavy atom. The molecular weight excluding hydrogens is 292 g/mol. The van der Waals surface area contributed by atoms with E-state index in [1.54, 1.807) is 10.9 Å². The molecular formula is C14H9ClN4S. The van der Waals surface area contributed by atoms with Gasteiger partial charge in [0.25, 0.3) is 0 Å². The van der Waals surface area contributed by atoms with Crippen molar-refractivity contribution >= 4 is 44.9 Å². The van der Waals surface area contributed by atoms with Gasteiger partial charge in [0.1, 0.15) is 0 Å². The Hall–Kier alpha value is -1.98. The van der Waals surface area contributed by atoms with Crippen molar-refractivity contribution in [3.8, 4) is 5.13 Å². The first-order valence-electron chi connectivity index (χ1n) is 6.09. The Bertz CT molecular complexity index is 927. The molecule has 0 N–H and O–H groups in total. The van der Waals surface area contributed by atoms with Crippen molar-refractivity contribution < 1.29 is 0 Å². The lowest BCUT2D eigenvalue weighted by atomic mass is 10.1. The van der Waals surface area contributed by atoms with Crippen LogP contribution in [-0.4, -0.2) is 19.7 Å². The van der Waals surface area contributed by atoms with Crippen LogP contribution in [0.15, 0.2) is 35.8 Å². The molecule has 0 aliphatic carbocycles. The summed E-state index contributed by atoms with van der Waals surface area (Å²) in [5.74, 6) is 0. The Morgan fingerprint density at radius 3 is 2.90 bits per heavy atom. The van der Waals surface area contributed by atoms with E-state index in [-0.39, 0.29) is 0 Å². The first-order chi connectivity index (χ1) is 9.75. The van der Waals surface area contributed by atoms with Crippen molar-refractivity contribution in [2.75, 3.05) is 0 Å². The highest BCUT2D eigenvalue weighted by atomic mass is 35.5. The molecule has 0 aliphatic heterocycles. The highest BCUT2D eigenvalue weighted by Gasteiger charge is 2.17. The van der Waals surface area contributed by atoms with Crippen LogP contribution in [0.25, 0.3) is 27.1 Å². The standard InChI is InChI=1S/C14H9ClN4S/c1-8-11-12(15)9-4-2-3-5-10(9)17-13(11)19(18-8)14-16-6-7-20-14/h2-7H,1H3. The molecule has 98 valence electrons. The van der Waals surface area contributed by atoms with E-state index in [2.05, 4.69) is 10.1 Å². The van der Waals surface area contributed by atoms with Crippen molar-refractivity contribution in [3.05, 3.63) is 46.6 Å². The van der Waals surface area contributed by atoms with E-state index in [0.29, 0.717) is 5.02 Å². The number of rotatable bonds is 1. The van der Waals surface area contributed by atoms with Gasteiger partial charge in [-0.1, -0.05) is 29.8 Å². The maximum Gasteiger partial charge on any atom is 0.212 e. The van der Waals surface area contributed by atoms with Crippen LogP contribution in [0.3, 0.4) is 0 Å². The summed E-state index contributed by atoms with van der Waals surface area (Å²) in [7, 11) is 0. The van der Waals surface area contributed by atoms with E-state index < -0.39 is 0 Å². The number of pyridine rings is 1. The van der Waals surface area contributed by atoms with Crippen molar-refractivity contribution in [2.24, 2.45) is 0 Å². The summed E-state index contributed by atoms with van der Waals surface area (Å²) < 4.78 is 1.76. The van der Waals surface area contributed by atoms with Gasteiger partial charge in [-0.05, 0) is 13.0 Å². The van der Waals surface area contributed by atoms with E-state index in [4.69, 9.17) is 16.6 Å². The van der Waals surface area contributed by atoms with Gasteiger partial charge in [-0.15, -0.1) is 11.3 Å². The zero-order valence-corrected chi connectivity index (χ0v) is 12.1. The van der Waals surface area contributed by atoms with Crippen LogP contribution < -0.4 is 0 Å². The number of para-hydroxylation sites is 1. The average molecular weight is 301 g/mol. The van der Waals surface area contributed by atoms with Crippen LogP contribution in [-0.2, 0) is 0 Å². The number of hydrogen-bond donors (Lipinski definition) is 0. The van der Waals surface area contributed by atoms with Crippen LogP contribution in [0.4, 0.5) is 0 Å². The van der Waals surface area contributed by atoms with Crippen molar-refractivity contribution in [3.63, 3.8) is 0 Å². The molecule has 3 heterocycles. The van der Waals surface area contributed by atoms with E-state index in [1.807, 2.05) is 36.6 Å². The summed E-state index contributed by atoms with van der Waals surface area (Å²) in [6, 6.07) is 7.84. The number of halogens is 1. The molecule has 20 heavy (non-hydrogen) atoms. The Balaban J connectivity index is 2.19. The predicted molar refractivity (Wildman–Crippen MR) is 81.8 cm³/mol. The third-order valence-corrected chi connectivity index (χ3v) is 4.36. The normalized spacial score (nSPS) is 11.5.